The van der Waals surface area contributed by atoms with Crippen molar-refractivity contribution in [2.45, 2.75) is 19.9 Å². The van der Waals surface area contributed by atoms with Crippen LogP contribution in [0, 0.1) is 5.92 Å². The fourth-order valence-corrected chi connectivity index (χ4v) is 1.61. The maximum atomic E-state index is 11.7. The number of hydrogen-bond donors (Lipinski definition) is 3. The highest BCUT2D eigenvalue weighted by Crippen LogP contribution is 2.03. The van der Waals surface area contributed by atoms with Crippen molar-refractivity contribution in [3.63, 3.8) is 0 Å². The maximum Gasteiger partial charge on any atom is 0.326 e. The molecule has 0 spiro atoms. The maximum absolute atomic E-state index is 11.7. The van der Waals surface area contributed by atoms with E-state index in [0.29, 0.717) is 13.1 Å². The molecule has 1 saturated heterocycles. The SMILES string of the molecule is CC(C)C(NC(=O)N1CCNCC1)C(=O)O. The largest absolute Gasteiger partial charge is 0.480 e. The summed E-state index contributed by atoms with van der Waals surface area (Å²) >= 11 is 0. The molecular formula is C10H19N3O3. The second-order valence-corrected chi connectivity index (χ2v) is 4.25. The molecule has 1 aliphatic rings. The molecule has 0 aromatic carbocycles. The van der Waals surface area contributed by atoms with Gasteiger partial charge < -0.3 is 20.6 Å². The Hall–Kier alpha value is -1.30. The van der Waals surface area contributed by atoms with E-state index in [1.165, 1.54) is 0 Å². The van der Waals surface area contributed by atoms with Crippen LogP contribution < -0.4 is 10.6 Å². The Morgan fingerprint density at radius 1 is 1.31 bits per heavy atom. The Balaban J connectivity index is 2.50. The lowest BCUT2D eigenvalue weighted by atomic mass is 10.1. The van der Waals surface area contributed by atoms with E-state index in [0.717, 1.165) is 13.1 Å². The molecule has 92 valence electrons. The summed E-state index contributed by atoms with van der Waals surface area (Å²) in [5, 5.41) is 14.6. The predicted octanol–water partition coefficient (Wildman–Crippen LogP) is -0.290. The quantitative estimate of drug-likeness (QED) is 0.621. The third-order valence-electron chi connectivity index (χ3n) is 2.62. The topological polar surface area (TPSA) is 81.7 Å². The number of carboxylic acids is 1. The summed E-state index contributed by atoms with van der Waals surface area (Å²) in [5.41, 5.74) is 0. The Morgan fingerprint density at radius 2 is 1.88 bits per heavy atom. The van der Waals surface area contributed by atoms with Crippen LogP contribution in [-0.2, 0) is 4.79 Å². The Labute approximate surface area is 95.0 Å². The molecule has 1 heterocycles. The predicted molar refractivity (Wildman–Crippen MR) is 59.2 cm³/mol. The summed E-state index contributed by atoms with van der Waals surface area (Å²) in [6.07, 6.45) is 0. The van der Waals surface area contributed by atoms with Crippen molar-refractivity contribution in [1.82, 2.24) is 15.5 Å². The summed E-state index contributed by atoms with van der Waals surface area (Å²) in [6.45, 7) is 6.31. The first-order valence-electron chi connectivity index (χ1n) is 5.51. The van der Waals surface area contributed by atoms with E-state index in [2.05, 4.69) is 10.6 Å². The van der Waals surface area contributed by atoms with E-state index >= 15 is 0 Å². The van der Waals surface area contributed by atoms with Gasteiger partial charge in [0.05, 0.1) is 0 Å². The number of carboxylic acid groups (broad SMARTS) is 1. The number of nitrogens with one attached hydrogen (secondary N) is 2. The van der Waals surface area contributed by atoms with Crippen LogP contribution in [0.5, 0.6) is 0 Å². The fourth-order valence-electron chi connectivity index (χ4n) is 1.61. The number of carbonyl (C=O) groups excluding carboxylic acids is 1. The van der Waals surface area contributed by atoms with Gasteiger partial charge in [0.2, 0.25) is 0 Å². The molecule has 0 aliphatic carbocycles. The fraction of sp³-hybridized carbons (Fsp3) is 0.800. The number of nitrogens with zero attached hydrogens (tertiary/aromatic N) is 1. The van der Waals surface area contributed by atoms with Crippen LogP contribution >= 0.6 is 0 Å². The third-order valence-corrected chi connectivity index (χ3v) is 2.62. The van der Waals surface area contributed by atoms with Crippen molar-refractivity contribution in [2.75, 3.05) is 26.2 Å². The Bertz CT molecular complexity index is 262. The lowest BCUT2D eigenvalue weighted by Crippen LogP contribution is -2.54. The summed E-state index contributed by atoms with van der Waals surface area (Å²) in [4.78, 5) is 24.3. The van der Waals surface area contributed by atoms with Gasteiger partial charge in [-0.2, -0.15) is 0 Å². The highest BCUT2D eigenvalue weighted by Gasteiger charge is 2.26. The molecule has 0 radical (unpaired) electrons. The van der Waals surface area contributed by atoms with E-state index in [1.807, 2.05) is 0 Å². The zero-order chi connectivity index (χ0) is 12.1. The standard InChI is InChI=1S/C10H19N3O3/c1-7(2)8(9(14)15)12-10(16)13-5-3-11-4-6-13/h7-8,11H,3-6H2,1-2H3,(H,12,16)(H,14,15). The van der Waals surface area contributed by atoms with Gasteiger partial charge >= 0.3 is 12.0 Å². The molecule has 1 aliphatic heterocycles. The van der Waals surface area contributed by atoms with Crippen molar-refractivity contribution in [2.24, 2.45) is 5.92 Å². The number of rotatable bonds is 3. The molecule has 16 heavy (non-hydrogen) atoms. The van der Waals surface area contributed by atoms with Crippen molar-refractivity contribution in [3.8, 4) is 0 Å². The normalized spacial score (nSPS) is 18.3. The Kier molecular flexibility index (Phi) is 4.54. The van der Waals surface area contributed by atoms with Crippen LogP contribution in [0.15, 0.2) is 0 Å². The van der Waals surface area contributed by atoms with Crippen molar-refractivity contribution < 1.29 is 14.7 Å². The van der Waals surface area contributed by atoms with Gasteiger partial charge in [0.1, 0.15) is 6.04 Å². The average molecular weight is 229 g/mol. The number of hydrogen-bond acceptors (Lipinski definition) is 3. The average Bonchev–Trinajstić information content (AvgIpc) is 2.25. The van der Waals surface area contributed by atoms with Gasteiger partial charge in [0, 0.05) is 26.2 Å². The summed E-state index contributed by atoms with van der Waals surface area (Å²) in [6, 6.07) is -1.11. The zero-order valence-electron chi connectivity index (χ0n) is 9.69. The first-order valence-corrected chi connectivity index (χ1v) is 5.51. The second-order valence-electron chi connectivity index (χ2n) is 4.25. The number of amides is 2. The summed E-state index contributed by atoms with van der Waals surface area (Å²) in [5.74, 6) is -1.11. The van der Waals surface area contributed by atoms with Crippen LogP contribution in [0.1, 0.15) is 13.8 Å². The highest BCUT2D eigenvalue weighted by molar-refractivity contribution is 5.82. The summed E-state index contributed by atoms with van der Waals surface area (Å²) in [7, 11) is 0. The van der Waals surface area contributed by atoms with Crippen LogP contribution in [-0.4, -0.2) is 54.2 Å². The summed E-state index contributed by atoms with van der Waals surface area (Å²) < 4.78 is 0. The van der Waals surface area contributed by atoms with Gasteiger partial charge in [-0.15, -0.1) is 0 Å². The third kappa shape index (κ3) is 3.37. The van der Waals surface area contributed by atoms with Crippen LogP contribution in [0.25, 0.3) is 0 Å². The lowest BCUT2D eigenvalue weighted by Gasteiger charge is -2.29. The van der Waals surface area contributed by atoms with Crippen LogP contribution in [0.4, 0.5) is 4.79 Å². The smallest absolute Gasteiger partial charge is 0.326 e. The molecule has 6 nitrogen and oxygen atoms in total. The molecule has 0 bridgehead atoms. The highest BCUT2D eigenvalue weighted by atomic mass is 16.4. The van der Waals surface area contributed by atoms with E-state index < -0.39 is 12.0 Å². The molecule has 1 atom stereocenters. The zero-order valence-corrected chi connectivity index (χ0v) is 9.69. The number of carbonyl (C=O) groups is 2. The van der Waals surface area contributed by atoms with E-state index in [-0.39, 0.29) is 11.9 Å². The van der Waals surface area contributed by atoms with E-state index in [1.54, 1.807) is 18.7 Å². The minimum atomic E-state index is -0.988. The van der Waals surface area contributed by atoms with Crippen molar-refractivity contribution >= 4 is 12.0 Å². The Morgan fingerprint density at radius 3 is 2.31 bits per heavy atom. The lowest BCUT2D eigenvalue weighted by molar-refractivity contribution is -0.140. The van der Waals surface area contributed by atoms with Gasteiger partial charge in [0.15, 0.2) is 0 Å². The van der Waals surface area contributed by atoms with Crippen LogP contribution in [0.2, 0.25) is 0 Å². The molecule has 2 amide bonds. The molecule has 3 N–H and O–H groups in total. The van der Waals surface area contributed by atoms with Gasteiger partial charge in [-0.25, -0.2) is 9.59 Å². The molecule has 0 saturated carbocycles. The first-order chi connectivity index (χ1) is 7.52. The second kappa shape index (κ2) is 5.69. The molecule has 6 heteroatoms. The van der Waals surface area contributed by atoms with Crippen molar-refractivity contribution in [1.29, 1.82) is 0 Å². The van der Waals surface area contributed by atoms with E-state index in [4.69, 9.17) is 5.11 Å². The molecule has 0 aromatic rings. The van der Waals surface area contributed by atoms with Gasteiger partial charge in [-0.1, -0.05) is 13.8 Å². The van der Waals surface area contributed by atoms with Gasteiger partial charge in [-0.3, -0.25) is 0 Å². The molecule has 1 unspecified atom stereocenters. The molecule has 1 fully saturated rings. The molecule has 1 rings (SSSR count). The number of aliphatic carboxylic acids is 1. The molecule has 0 aromatic heterocycles. The monoisotopic (exact) mass is 229 g/mol. The van der Waals surface area contributed by atoms with Gasteiger partial charge in [-0.05, 0) is 5.92 Å². The van der Waals surface area contributed by atoms with Crippen molar-refractivity contribution in [3.05, 3.63) is 0 Å². The minimum absolute atomic E-state index is 0.121. The van der Waals surface area contributed by atoms with E-state index in [9.17, 15) is 9.59 Å². The minimum Gasteiger partial charge on any atom is -0.480 e. The number of piperazine rings is 1. The van der Waals surface area contributed by atoms with Crippen LogP contribution in [0.3, 0.4) is 0 Å². The van der Waals surface area contributed by atoms with Gasteiger partial charge in [0.25, 0.3) is 0 Å². The number of urea groups is 1. The first kappa shape index (κ1) is 12.8. The molecular weight excluding hydrogens is 210 g/mol.